The molecule has 0 spiro atoms. The summed E-state index contributed by atoms with van der Waals surface area (Å²) >= 11 is 0. The molecule has 9 nitrogen and oxygen atoms in total. The number of aryl methyl sites for hydroxylation is 1. The molecule has 1 fully saturated rings. The minimum absolute atomic E-state index is 0.216. The van der Waals surface area contributed by atoms with E-state index in [0.29, 0.717) is 18.4 Å². The second kappa shape index (κ2) is 12.2. The summed E-state index contributed by atoms with van der Waals surface area (Å²) in [4.78, 5) is 21.8. The van der Waals surface area contributed by atoms with Gasteiger partial charge in [-0.3, -0.25) is 14.4 Å². The summed E-state index contributed by atoms with van der Waals surface area (Å²) in [5, 5.41) is 2.44. The monoisotopic (exact) mass is 609 g/mol. The van der Waals surface area contributed by atoms with E-state index >= 15 is 13.2 Å². The summed E-state index contributed by atoms with van der Waals surface area (Å²) in [7, 11) is -4.20. The number of rotatable bonds is 11. The molecular weight excluding hydrogens is 578 g/mol. The quantitative estimate of drug-likeness (QED) is 0.167. The van der Waals surface area contributed by atoms with E-state index in [1.54, 1.807) is 27.7 Å². The highest BCUT2D eigenvalue weighted by Crippen LogP contribution is 2.33. The molecule has 42 heavy (non-hydrogen) atoms. The Morgan fingerprint density at radius 3 is 2.38 bits per heavy atom. The van der Waals surface area contributed by atoms with Crippen LogP contribution in [0.25, 0.3) is 0 Å². The molecule has 0 radical (unpaired) electrons. The lowest BCUT2D eigenvalue weighted by atomic mass is 9.80. The number of amides is 1. The van der Waals surface area contributed by atoms with Gasteiger partial charge in [0.2, 0.25) is 0 Å². The fourth-order valence-electron chi connectivity index (χ4n) is 4.37. The van der Waals surface area contributed by atoms with Crippen molar-refractivity contribution in [2.45, 2.75) is 65.0 Å². The Balaban J connectivity index is 1.69. The average molecular weight is 610 g/mol. The molecule has 1 saturated carbocycles. The molecule has 0 bridgehead atoms. The minimum Gasteiger partial charge on any atom is -0.350 e. The van der Waals surface area contributed by atoms with Crippen LogP contribution in [0.3, 0.4) is 0 Å². The standard InChI is InChI=1S/C28H31F4N5O4S/c1-15(2)41-35-27(38)19-14-18(22(30)24(32)25(19)34-21-7-6-16(3)12-20(21)29)13-17-8-11-33-26(23(17)31)36-42(39,40)37-28(4)9-5-10-28/h6-8,11-12,14-15,34,37H,5,9-10,13H2,1-4H3,(H,33,36)(H,35,38). The molecule has 2 aromatic carbocycles. The van der Waals surface area contributed by atoms with Crippen molar-refractivity contribution in [2.24, 2.45) is 0 Å². The lowest BCUT2D eigenvalue weighted by molar-refractivity contribution is 0.000216. The highest BCUT2D eigenvalue weighted by atomic mass is 32.2. The lowest BCUT2D eigenvalue weighted by Crippen LogP contribution is -2.52. The van der Waals surface area contributed by atoms with Crippen LogP contribution in [0.1, 0.15) is 67.1 Å². The number of anilines is 3. The van der Waals surface area contributed by atoms with Gasteiger partial charge in [0, 0.05) is 18.2 Å². The zero-order valence-corrected chi connectivity index (χ0v) is 24.2. The van der Waals surface area contributed by atoms with Gasteiger partial charge < -0.3 is 5.32 Å². The molecule has 0 atom stereocenters. The first-order valence-corrected chi connectivity index (χ1v) is 14.6. The molecule has 1 heterocycles. The van der Waals surface area contributed by atoms with E-state index in [9.17, 15) is 17.6 Å². The summed E-state index contributed by atoms with van der Waals surface area (Å²) in [6.45, 7) is 6.61. The molecule has 0 unspecified atom stereocenters. The number of halogens is 4. The molecule has 1 amide bonds. The number of carbonyl (C=O) groups is 1. The summed E-state index contributed by atoms with van der Waals surface area (Å²) in [5.74, 6) is -6.43. The van der Waals surface area contributed by atoms with Gasteiger partial charge >= 0.3 is 10.2 Å². The van der Waals surface area contributed by atoms with Crippen LogP contribution in [0.15, 0.2) is 36.5 Å². The van der Waals surface area contributed by atoms with Crippen LogP contribution in [0.4, 0.5) is 34.8 Å². The third-order valence-electron chi connectivity index (χ3n) is 6.72. The molecule has 226 valence electrons. The summed E-state index contributed by atoms with van der Waals surface area (Å²) in [5.41, 5.74) is 0.0624. The van der Waals surface area contributed by atoms with E-state index < -0.39 is 80.1 Å². The highest BCUT2D eigenvalue weighted by molar-refractivity contribution is 7.90. The van der Waals surface area contributed by atoms with Crippen molar-refractivity contribution in [3.05, 3.63) is 82.1 Å². The van der Waals surface area contributed by atoms with Crippen molar-refractivity contribution < 1.29 is 35.6 Å². The number of nitrogens with one attached hydrogen (secondary N) is 4. The highest BCUT2D eigenvalue weighted by Gasteiger charge is 2.36. The van der Waals surface area contributed by atoms with Gasteiger partial charge in [0.05, 0.1) is 23.0 Å². The Bertz CT molecular complexity index is 1610. The molecular formula is C28H31F4N5O4S. The summed E-state index contributed by atoms with van der Waals surface area (Å²) < 4.78 is 90.4. The van der Waals surface area contributed by atoms with Crippen LogP contribution in [0.2, 0.25) is 0 Å². The molecule has 1 aliphatic carbocycles. The van der Waals surface area contributed by atoms with Gasteiger partial charge in [0.25, 0.3) is 5.91 Å². The number of hydrogen-bond donors (Lipinski definition) is 4. The van der Waals surface area contributed by atoms with Crippen LogP contribution in [-0.2, 0) is 21.5 Å². The zero-order valence-electron chi connectivity index (χ0n) is 23.4. The van der Waals surface area contributed by atoms with Crippen LogP contribution in [0.5, 0.6) is 0 Å². The van der Waals surface area contributed by atoms with E-state index in [1.165, 1.54) is 24.3 Å². The maximum Gasteiger partial charge on any atom is 0.300 e. The van der Waals surface area contributed by atoms with Crippen LogP contribution >= 0.6 is 0 Å². The van der Waals surface area contributed by atoms with Crippen molar-refractivity contribution >= 4 is 33.3 Å². The minimum atomic E-state index is -4.20. The Labute approximate surface area is 241 Å². The maximum absolute atomic E-state index is 15.5. The van der Waals surface area contributed by atoms with E-state index in [2.05, 4.69) is 20.5 Å². The Morgan fingerprint density at radius 2 is 1.76 bits per heavy atom. The smallest absolute Gasteiger partial charge is 0.300 e. The van der Waals surface area contributed by atoms with Crippen molar-refractivity contribution in [1.82, 2.24) is 15.2 Å². The van der Waals surface area contributed by atoms with Crippen LogP contribution in [0, 0.1) is 30.2 Å². The van der Waals surface area contributed by atoms with Crippen molar-refractivity contribution in [2.75, 3.05) is 10.0 Å². The number of nitrogens with zero attached hydrogens (tertiary/aromatic N) is 1. The first-order valence-electron chi connectivity index (χ1n) is 13.1. The molecule has 3 aromatic rings. The molecule has 14 heteroatoms. The predicted molar refractivity (Wildman–Crippen MR) is 149 cm³/mol. The Hall–Kier alpha value is -3.75. The van der Waals surface area contributed by atoms with Gasteiger partial charge in [0.1, 0.15) is 5.82 Å². The lowest BCUT2D eigenvalue weighted by Gasteiger charge is -2.38. The number of benzene rings is 2. The average Bonchev–Trinajstić information content (AvgIpc) is 2.89. The maximum atomic E-state index is 15.5. The molecule has 0 saturated heterocycles. The van der Waals surface area contributed by atoms with Crippen LogP contribution < -0.4 is 20.2 Å². The van der Waals surface area contributed by atoms with Gasteiger partial charge in [0.15, 0.2) is 23.3 Å². The molecule has 1 aromatic heterocycles. The van der Waals surface area contributed by atoms with Gasteiger partial charge in [-0.2, -0.15) is 13.1 Å². The zero-order chi connectivity index (χ0) is 30.8. The normalized spacial score (nSPS) is 14.4. The number of hydroxylamine groups is 1. The van der Waals surface area contributed by atoms with E-state index in [-0.39, 0.29) is 11.3 Å². The largest absolute Gasteiger partial charge is 0.350 e. The van der Waals surface area contributed by atoms with E-state index in [1.807, 2.05) is 4.72 Å². The van der Waals surface area contributed by atoms with Crippen molar-refractivity contribution in [3.63, 3.8) is 0 Å². The van der Waals surface area contributed by atoms with Crippen molar-refractivity contribution in [1.29, 1.82) is 0 Å². The molecule has 1 aliphatic rings. The number of pyridine rings is 1. The second-order valence-corrected chi connectivity index (χ2v) is 12.1. The molecule has 0 aliphatic heterocycles. The van der Waals surface area contributed by atoms with Crippen LogP contribution in [-0.4, -0.2) is 31.0 Å². The topological polar surface area (TPSA) is 121 Å². The van der Waals surface area contributed by atoms with Gasteiger partial charge in [-0.05, 0) is 87.9 Å². The summed E-state index contributed by atoms with van der Waals surface area (Å²) in [6.07, 6.45) is 2.15. The molecule has 4 rings (SSSR count). The summed E-state index contributed by atoms with van der Waals surface area (Å²) in [6, 6.07) is 6.16. The van der Waals surface area contributed by atoms with E-state index in [4.69, 9.17) is 4.84 Å². The number of aromatic nitrogens is 1. The molecule has 4 N–H and O–H groups in total. The van der Waals surface area contributed by atoms with Gasteiger partial charge in [-0.1, -0.05) is 6.07 Å². The predicted octanol–water partition coefficient (Wildman–Crippen LogP) is 5.54. The fourth-order valence-corrected chi connectivity index (χ4v) is 5.67. The first-order chi connectivity index (χ1) is 19.7. The fraction of sp³-hybridized carbons (Fsp3) is 0.357. The van der Waals surface area contributed by atoms with Crippen molar-refractivity contribution in [3.8, 4) is 0 Å². The Morgan fingerprint density at radius 1 is 1.05 bits per heavy atom. The second-order valence-electron chi connectivity index (χ2n) is 10.7. The number of hydrogen-bond acceptors (Lipinski definition) is 6. The van der Waals surface area contributed by atoms with Gasteiger partial charge in [-0.25, -0.2) is 28.0 Å². The Kier molecular flexibility index (Phi) is 9.09. The SMILES string of the molecule is Cc1ccc(Nc2c(C(=O)NOC(C)C)cc(Cc3ccnc(NS(=O)(=O)NC4(C)CCC4)c3F)c(F)c2F)c(F)c1. The van der Waals surface area contributed by atoms with E-state index in [0.717, 1.165) is 18.7 Å². The first kappa shape index (κ1) is 31.2. The number of carbonyl (C=O) groups excluding carboxylic acids is 1. The van der Waals surface area contributed by atoms with Gasteiger partial charge in [-0.15, -0.1) is 0 Å². The third kappa shape index (κ3) is 7.17. The third-order valence-corrected chi connectivity index (χ3v) is 7.94.